The lowest BCUT2D eigenvalue weighted by Gasteiger charge is -1.95. The second kappa shape index (κ2) is 3.34. The highest BCUT2D eigenvalue weighted by atomic mass is 16.4. The Labute approximate surface area is 71.1 Å². The number of nitrogens with zero attached hydrogens (tertiary/aromatic N) is 1. The molecular formula is C9H11NO2. The second-order valence-electron chi connectivity index (χ2n) is 2.83. The molecule has 0 aromatic rings. The largest absolute Gasteiger partial charge is 0.477 e. The molecular weight excluding hydrogens is 154 g/mol. The van der Waals surface area contributed by atoms with Crippen LogP contribution in [0.5, 0.6) is 0 Å². The molecule has 0 aromatic heterocycles. The first kappa shape index (κ1) is 8.71. The lowest BCUT2D eigenvalue weighted by atomic mass is 10.1. The summed E-state index contributed by atoms with van der Waals surface area (Å²) in [6.45, 7) is 3.70. The van der Waals surface area contributed by atoms with Crippen molar-refractivity contribution in [3.63, 3.8) is 0 Å². The molecule has 0 saturated carbocycles. The lowest BCUT2D eigenvalue weighted by Crippen LogP contribution is -2.00. The first-order valence-electron chi connectivity index (χ1n) is 3.78. The molecule has 3 heteroatoms. The van der Waals surface area contributed by atoms with Gasteiger partial charge in [0.05, 0.1) is 0 Å². The Kier molecular flexibility index (Phi) is 2.43. The van der Waals surface area contributed by atoms with Gasteiger partial charge in [-0.2, -0.15) is 0 Å². The van der Waals surface area contributed by atoms with E-state index in [0.717, 1.165) is 0 Å². The molecule has 0 spiro atoms. The van der Waals surface area contributed by atoms with Gasteiger partial charge in [0.2, 0.25) is 0 Å². The highest BCUT2D eigenvalue weighted by Crippen LogP contribution is 2.12. The molecule has 1 aliphatic heterocycles. The zero-order valence-corrected chi connectivity index (χ0v) is 7.11. The summed E-state index contributed by atoms with van der Waals surface area (Å²) in [7, 11) is 0. The number of hydrogen-bond acceptors (Lipinski definition) is 2. The van der Waals surface area contributed by atoms with E-state index < -0.39 is 5.97 Å². The number of allylic oxidation sites excluding steroid dienone is 3. The Morgan fingerprint density at radius 2 is 2.33 bits per heavy atom. The summed E-state index contributed by atoms with van der Waals surface area (Å²) < 4.78 is 0. The van der Waals surface area contributed by atoms with Gasteiger partial charge < -0.3 is 5.11 Å². The summed E-state index contributed by atoms with van der Waals surface area (Å²) in [4.78, 5) is 14.5. The first-order chi connectivity index (χ1) is 5.61. The van der Waals surface area contributed by atoms with Crippen LogP contribution < -0.4 is 0 Å². The zero-order chi connectivity index (χ0) is 9.14. The van der Waals surface area contributed by atoms with E-state index in [2.05, 4.69) is 4.99 Å². The molecule has 1 N–H and O–H groups in total. The number of aliphatic carboxylic acids is 1. The summed E-state index contributed by atoms with van der Waals surface area (Å²) in [6.07, 6.45) is 5.35. The fraction of sp³-hybridized carbons (Fsp3) is 0.333. The fourth-order valence-corrected chi connectivity index (χ4v) is 0.943. The smallest absolute Gasteiger partial charge is 0.354 e. The van der Waals surface area contributed by atoms with Crippen molar-refractivity contribution in [1.29, 1.82) is 0 Å². The molecule has 0 saturated heterocycles. The van der Waals surface area contributed by atoms with Crippen LogP contribution in [0.25, 0.3) is 0 Å². The Bertz CT molecular complexity index is 287. The molecule has 64 valence electrons. The molecule has 1 atom stereocenters. The van der Waals surface area contributed by atoms with Crippen molar-refractivity contribution < 1.29 is 9.90 Å². The number of carboxylic acid groups (broad SMARTS) is 1. The van der Waals surface area contributed by atoms with Crippen LogP contribution in [0.4, 0.5) is 0 Å². The number of rotatable bonds is 1. The summed E-state index contributed by atoms with van der Waals surface area (Å²) in [5.74, 6) is -0.765. The van der Waals surface area contributed by atoms with E-state index in [1.807, 2.05) is 13.0 Å². The van der Waals surface area contributed by atoms with Crippen LogP contribution in [0, 0.1) is 5.92 Å². The molecule has 1 heterocycles. The topological polar surface area (TPSA) is 49.7 Å². The molecule has 0 radical (unpaired) electrons. The van der Waals surface area contributed by atoms with E-state index in [9.17, 15) is 4.79 Å². The minimum atomic E-state index is -0.970. The van der Waals surface area contributed by atoms with Crippen molar-refractivity contribution in [3.8, 4) is 0 Å². The maximum atomic E-state index is 10.6. The average molecular weight is 165 g/mol. The SMILES string of the molecule is CC1=C(C(=O)O)N=CC(C)C=C1. The molecule has 12 heavy (non-hydrogen) atoms. The van der Waals surface area contributed by atoms with Gasteiger partial charge in [0.25, 0.3) is 0 Å². The molecule has 0 bridgehead atoms. The average Bonchev–Trinajstić information content (AvgIpc) is 2.14. The van der Waals surface area contributed by atoms with Crippen molar-refractivity contribution in [1.82, 2.24) is 0 Å². The van der Waals surface area contributed by atoms with Crippen molar-refractivity contribution >= 4 is 12.2 Å². The number of aliphatic imine (C=N–C) groups is 1. The molecule has 0 fully saturated rings. The van der Waals surface area contributed by atoms with E-state index in [-0.39, 0.29) is 11.6 Å². The Morgan fingerprint density at radius 1 is 1.67 bits per heavy atom. The van der Waals surface area contributed by atoms with E-state index in [4.69, 9.17) is 5.11 Å². The number of carbonyl (C=O) groups is 1. The molecule has 1 aliphatic rings. The van der Waals surface area contributed by atoms with Crippen LogP contribution in [-0.4, -0.2) is 17.3 Å². The van der Waals surface area contributed by atoms with Crippen LogP contribution in [0.2, 0.25) is 0 Å². The van der Waals surface area contributed by atoms with E-state index in [1.165, 1.54) is 0 Å². The molecule has 0 aliphatic carbocycles. The van der Waals surface area contributed by atoms with Gasteiger partial charge in [0, 0.05) is 12.1 Å². The fourth-order valence-electron chi connectivity index (χ4n) is 0.943. The van der Waals surface area contributed by atoms with Gasteiger partial charge in [-0.3, -0.25) is 4.99 Å². The van der Waals surface area contributed by atoms with Gasteiger partial charge in [-0.1, -0.05) is 19.1 Å². The van der Waals surface area contributed by atoms with Crippen LogP contribution >= 0.6 is 0 Å². The van der Waals surface area contributed by atoms with E-state index in [1.54, 1.807) is 19.2 Å². The summed E-state index contributed by atoms with van der Waals surface area (Å²) in [6, 6.07) is 0. The first-order valence-corrected chi connectivity index (χ1v) is 3.78. The summed E-state index contributed by atoms with van der Waals surface area (Å²) in [5, 5.41) is 8.71. The predicted octanol–water partition coefficient (Wildman–Crippen LogP) is 1.62. The molecule has 1 unspecified atom stereocenters. The van der Waals surface area contributed by atoms with Gasteiger partial charge in [0.15, 0.2) is 5.70 Å². The zero-order valence-electron chi connectivity index (χ0n) is 7.11. The number of carboxylic acids is 1. The van der Waals surface area contributed by atoms with Crippen molar-refractivity contribution in [2.75, 3.05) is 0 Å². The Hall–Kier alpha value is -1.38. The minimum absolute atomic E-state index is 0.135. The predicted molar refractivity (Wildman–Crippen MR) is 47.1 cm³/mol. The summed E-state index contributed by atoms with van der Waals surface area (Å²) in [5.41, 5.74) is 0.832. The van der Waals surface area contributed by atoms with Crippen LogP contribution in [0.1, 0.15) is 13.8 Å². The van der Waals surface area contributed by atoms with Crippen molar-refractivity contribution in [2.45, 2.75) is 13.8 Å². The van der Waals surface area contributed by atoms with Gasteiger partial charge in [-0.05, 0) is 12.5 Å². The monoisotopic (exact) mass is 165 g/mol. The van der Waals surface area contributed by atoms with Crippen LogP contribution in [0.3, 0.4) is 0 Å². The van der Waals surface area contributed by atoms with Gasteiger partial charge >= 0.3 is 5.97 Å². The molecule has 0 aromatic carbocycles. The molecule has 1 rings (SSSR count). The quantitative estimate of drug-likeness (QED) is 0.641. The Balaban J connectivity index is 3.04. The third-order valence-corrected chi connectivity index (χ3v) is 1.66. The lowest BCUT2D eigenvalue weighted by molar-refractivity contribution is -0.132. The third-order valence-electron chi connectivity index (χ3n) is 1.66. The second-order valence-corrected chi connectivity index (χ2v) is 2.83. The van der Waals surface area contributed by atoms with Crippen molar-refractivity contribution in [2.24, 2.45) is 10.9 Å². The molecule has 3 nitrogen and oxygen atoms in total. The maximum absolute atomic E-state index is 10.6. The number of hydrogen-bond donors (Lipinski definition) is 1. The Morgan fingerprint density at radius 3 is 2.92 bits per heavy atom. The van der Waals surface area contributed by atoms with Gasteiger partial charge in [-0.15, -0.1) is 0 Å². The minimum Gasteiger partial charge on any atom is -0.477 e. The van der Waals surface area contributed by atoms with Gasteiger partial charge in [-0.25, -0.2) is 4.79 Å². The normalized spacial score (nSPS) is 22.7. The highest BCUT2D eigenvalue weighted by molar-refractivity contribution is 5.90. The van der Waals surface area contributed by atoms with Crippen LogP contribution in [-0.2, 0) is 4.79 Å². The van der Waals surface area contributed by atoms with Crippen molar-refractivity contribution in [3.05, 3.63) is 23.4 Å². The van der Waals surface area contributed by atoms with E-state index >= 15 is 0 Å². The molecule has 0 amide bonds. The standard InChI is InChI=1S/C9H11NO2/c1-6-3-4-7(2)8(9(11)12)10-5-6/h3-6H,1-2H3,(H,11,12). The van der Waals surface area contributed by atoms with Crippen LogP contribution in [0.15, 0.2) is 28.4 Å². The maximum Gasteiger partial charge on any atom is 0.354 e. The summed E-state index contributed by atoms with van der Waals surface area (Å²) >= 11 is 0. The highest BCUT2D eigenvalue weighted by Gasteiger charge is 2.10. The third kappa shape index (κ3) is 1.81. The van der Waals surface area contributed by atoms with E-state index in [0.29, 0.717) is 5.57 Å². The van der Waals surface area contributed by atoms with Gasteiger partial charge in [0.1, 0.15) is 0 Å².